The monoisotopic (exact) mass is 207 g/mol. The number of aryl methyl sites for hydroxylation is 1. The Morgan fingerprint density at radius 2 is 2.14 bits per heavy atom. The van der Waals surface area contributed by atoms with Crippen molar-refractivity contribution in [2.45, 2.75) is 33.1 Å². The van der Waals surface area contributed by atoms with Gasteiger partial charge in [-0.15, -0.1) is 11.3 Å². The second kappa shape index (κ2) is 3.06. The zero-order valence-electron chi connectivity index (χ0n) is 10.9. The molecule has 0 aliphatic carbocycles. The standard InChI is InChI=1S/C12H15NS/c1-8-7-13-11-9(5-6-14-11)10(8)12(2,3)4/h5-7H,1-4H3/i5D,6D. The molecule has 0 aliphatic rings. The fraction of sp³-hybridized carbons (Fsp3) is 0.417. The first-order valence-electron chi connectivity index (χ1n) is 5.68. The summed E-state index contributed by atoms with van der Waals surface area (Å²) in [6.45, 7) is 8.42. The van der Waals surface area contributed by atoms with Gasteiger partial charge >= 0.3 is 0 Å². The summed E-state index contributed by atoms with van der Waals surface area (Å²) in [7, 11) is 0. The molecule has 2 heteroatoms. The molecule has 2 aromatic rings. The van der Waals surface area contributed by atoms with Gasteiger partial charge in [0.1, 0.15) is 4.83 Å². The molecular formula is C12H15NS. The van der Waals surface area contributed by atoms with E-state index in [1.807, 2.05) is 13.1 Å². The van der Waals surface area contributed by atoms with E-state index in [-0.39, 0.29) is 5.41 Å². The highest BCUT2D eigenvalue weighted by atomic mass is 32.1. The van der Waals surface area contributed by atoms with Crippen molar-refractivity contribution in [1.29, 1.82) is 0 Å². The normalized spacial score (nSPS) is 14.3. The number of pyridine rings is 1. The summed E-state index contributed by atoms with van der Waals surface area (Å²) in [5, 5.41) is 1.17. The van der Waals surface area contributed by atoms with Crippen LogP contribution in [0.2, 0.25) is 0 Å². The Balaban J connectivity index is 2.94. The Labute approximate surface area is 91.6 Å². The Morgan fingerprint density at radius 1 is 1.43 bits per heavy atom. The first kappa shape index (κ1) is 7.41. The average Bonchev–Trinajstić information content (AvgIpc) is 2.42. The van der Waals surface area contributed by atoms with Crippen LogP contribution in [0.4, 0.5) is 0 Å². The number of rotatable bonds is 0. The molecule has 0 fully saturated rings. The Kier molecular flexibility index (Phi) is 1.62. The molecule has 0 aromatic carbocycles. The van der Waals surface area contributed by atoms with Crippen molar-refractivity contribution >= 4 is 21.6 Å². The lowest BCUT2D eigenvalue weighted by Gasteiger charge is -2.22. The zero-order chi connectivity index (χ0) is 12.1. The van der Waals surface area contributed by atoms with Crippen LogP contribution >= 0.6 is 11.3 Å². The second-order valence-electron chi connectivity index (χ2n) is 4.58. The predicted octanol–water partition coefficient (Wildman–Crippen LogP) is 3.90. The SMILES string of the molecule is [2H]c1sc2ncc(C)c(C(C)(C)C)c2c1[2H]. The summed E-state index contributed by atoms with van der Waals surface area (Å²) in [4.78, 5) is 5.13. The maximum Gasteiger partial charge on any atom is 0.123 e. The highest BCUT2D eigenvalue weighted by Gasteiger charge is 2.19. The van der Waals surface area contributed by atoms with Crippen molar-refractivity contribution in [1.82, 2.24) is 4.98 Å². The molecular weight excluding hydrogens is 190 g/mol. The maximum absolute atomic E-state index is 7.97. The van der Waals surface area contributed by atoms with E-state index < -0.39 is 0 Å². The molecule has 2 heterocycles. The fourth-order valence-corrected chi connectivity index (χ4v) is 2.48. The van der Waals surface area contributed by atoms with Gasteiger partial charge in [0.05, 0.1) is 2.74 Å². The molecule has 0 saturated heterocycles. The van der Waals surface area contributed by atoms with E-state index in [0.717, 1.165) is 21.3 Å². The van der Waals surface area contributed by atoms with Crippen molar-refractivity contribution in [2.24, 2.45) is 0 Å². The van der Waals surface area contributed by atoms with Crippen LogP contribution in [0.5, 0.6) is 0 Å². The molecule has 2 aromatic heterocycles. The molecule has 0 spiro atoms. The van der Waals surface area contributed by atoms with Gasteiger partial charge in [0.2, 0.25) is 0 Å². The highest BCUT2D eigenvalue weighted by molar-refractivity contribution is 7.16. The van der Waals surface area contributed by atoms with E-state index in [4.69, 9.17) is 2.74 Å². The Hall–Kier alpha value is -0.890. The second-order valence-corrected chi connectivity index (χ2v) is 5.37. The smallest absolute Gasteiger partial charge is 0.123 e. The number of fused-ring (bicyclic) bond motifs is 1. The van der Waals surface area contributed by atoms with Crippen molar-refractivity contribution < 1.29 is 2.74 Å². The van der Waals surface area contributed by atoms with E-state index in [1.54, 1.807) is 0 Å². The van der Waals surface area contributed by atoms with E-state index in [1.165, 1.54) is 11.3 Å². The number of thiophene rings is 1. The van der Waals surface area contributed by atoms with Gasteiger partial charge in [-0.2, -0.15) is 0 Å². The van der Waals surface area contributed by atoms with Crippen molar-refractivity contribution in [3.05, 3.63) is 28.7 Å². The van der Waals surface area contributed by atoms with Gasteiger partial charge in [-0.05, 0) is 34.9 Å². The molecule has 14 heavy (non-hydrogen) atoms. The molecule has 0 atom stereocenters. The summed E-state index contributed by atoms with van der Waals surface area (Å²) < 4.78 is 15.7. The van der Waals surface area contributed by atoms with Crippen LogP contribution in [0.25, 0.3) is 10.2 Å². The molecule has 0 saturated carbocycles. The minimum Gasteiger partial charge on any atom is -0.245 e. The third kappa shape index (κ3) is 1.44. The first-order chi connectivity index (χ1) is 7.32. The third-order valence-corrected chi connectivity index (χ3v) is 3.01. The first-order valence-corrected chi connectivity index (χ1v) is 5.50. The lowest BCUT2D eigenvalue weighted by molar-refractivity contribution is 0.591. The van der Waals surface area contributed by atoms with Gasteiger partial charge in [-0.25, -0.2) is 4.98 Å². The number of aromatic nitrogens is 1. The van der Waals surface area contributed by atoms with Crippen LogP contribution in [0.1, 0.15) is 34.6 Å². The summed E-state index contributed by atoms with van der Waals surface area (Å²) >= 11 is 1.29. The van der Waals surface area contributed by atoms with Crippen LogP contribution in [0.15, 0.2) is 17.6 Å². The highest BCUT2D eigenvalue weighted by Crippen LogP contribution is 2.33. The summed E-state index contributed by atoms with van der Waals surface area (Å²) in [5.74, 6) is 0. The fourth-order valence-electron chi connectivity index (χ4n) is 1.87. The Bertz CT molecular complexity index is 552. The van der Waals surface area contributed by atoms with Crippen molar-refractivity contribution in [3.63, 3.8) is 0 Å². The van der Waals surface area contributed by atoms with Crippen LogP contribution in [0, 0.1) is 6.92 Å². The van der Waals surface area contributed by atoms with Crippen molar-refractivity contribution in [3.8, 4) is 0 Å². The third-order valence-electron chi connectivity index (χ3n) is 2.31. The molecule has 0 N–H and O–H groups in total. The van der Waals surface area contributed by atoms with E-state index >= 15 is 0 Å². The molecule has 2 rings (SSSR count). The molecule has 0 amide bonds. The van der Waals surface area contributed by atoms with Crippen LogP contribution in [-0.4, -0.2) is 4.98 Å². The van der Waals surface area contributed by atoms with Gasteiger partial charge < -0.3 is 0 Å². The van der Waals surface area contributed by atoms with Crippen LogP contribution in [0.3, 0.4) is 0 Å². The molecule has 0 radical (unpaired) electrons. The van der Waals surface area contributed by atoms with E-state index in [9.17, 15) is 0 Å². The van der Waals surface area contributed by atoms with Gasteiger partial charge in [-0.1, -0.05) is 20.8 Å². The maximum atomic E-state index is 7.97. The lowest BCUT2D eigenvalue weighted by atomic mass is 9.83. The molecule has 0 bridgehead atoms. The van der Waals surface area contributed by atoms with Gasteiger partial charge in [0.25, 0.3) is 0 Å². The molecule has 0 aliphatic heterocycles. The van der Waals surface area contributed by atoms with E-state index in [2.05, 4.69) is 25.8 Å². The largest absolute Gasteiger partial charge is 0.245 e. The van der Waals surface area contributed by atoms with Gasteiger partial charge in [-0.3, -0.25) is 0 Å². The minimum absolute atomic E-state index is 0.0193. The molecule has 74 valence electrons. The average molecular weight is 207 g/mol. The topological polar surface area (TPSA) is 12.9 Å². The van der Waals surface area contributed by atoms with E-state index in [0.29, 0.717) is 11.4 Å². The van der Waals surface area contributed by atoms with Crippen LogP contribution < -0.4 is 0 Å². The van der Waals surface area contributed by atoms with Gasteiger partial charge in [0.15, 0.2) is 0 Å². The van der Waals surface area contributed by atoms with Crippen LogP contribution in [-0.2, 0) is 5.41 Å². The predicted molar refractivity (Wildman–Crippen MR) is 63.1 cm³/mol. The summed E-state index contributed by atoms with van der Waals surface area (Å²) in [5.41, 5.74) is 2.23. The number of hydrogen-bond donors (Lipinski definition) is 0. The summed E-state index contributed by atoms with van der Waals surface area (Å²) in [6.07, 6.45) is 1.85. The molecule has 0 unspecified atom stereocenters. The summed E-state index contributed by atoms with van der Waals surface area (Å²) in [6, 6.07) is 0.320. The number of nitrogens with zero attached hydrogens (tertiary/aromatic N) is 1. The number of hydrogen-bond acceptors (Lipinski definition) is 2. The zero-order valence-corrected chi connectivity index (χ0v) is 9.75. The minimum atomic E-state index is -0.0193. The van der Waals surface area contributed by atoms with Crippen molar-refractivity contribution in [2.75, 3.05) is 0 Å². The quantitative estimate of drug-likeness (QED) is 0.638. The van der Waals surface area contributed by atoms with Gasteiger partial charge in [0, 0.05) is 11.6 Å². The molecule has 1 nitrogen and oxygen atoms in total. The lowest BCUT2D eigenvalue weighted by Crippen LogP contribution is -2.13. The Morgan fingerprint density at radius 3 is 2.79 bits per heavy atom.